The Morgan fingerprint density at radius 2 is 2.10 bits per heavy atom. The topological polar surface area (TPSA) is 66.4 Å². The van der Waals surface area contributed by atoms with E-state index in [1.807, 2.05) is 0 Å². The van der Waals surface area contributed by atoms with Crippen molar-refractivity contribution >= 4 is 11.4 Å². The van der Waals surface area contributed by atoms with E-state index in [1.165, 1.54) is 12.3 Å². The van der Waals surface area contributed by atoms with E-state index in [-0.39, 0.29) is 11.4 Å². The molecule has 114 valence electrons. The van der Waals surface area contributed by atoms with E-state index < -0.39 is 35.3 Å². The second-order valence-corrected chi connectivity index (χ2v) is 4.93. The summed E-state index contributed by atoms with van der Waals surface area (Å²) in [4.78, 5) is 23.6. The SMILES string of the molecule is CC(C)C(=O)NCc1c(C(F)(F)F)cc2cc[nH]n2c1=O. The number of aromatic nitrogens is 2. The highest BCUT2D eigenvalue weighted by Crippen LogP contribution is 2.31. The van der Waals surface area contributed by atoms with Crippen molar-refractivity contribution in [1.29, 1.82) is 0 Å². The molecule has 0 aromatic carbocycles. The molecular weight excluding hydrogens is 287 g/mol. The first kappa shape index (κ1) is 15.1. The maximum Gasteiger partial charge on any atom is 0.417 e. The monoisotopic (exact) mass is 301 g/mol. The van der Waals surface area contributed by atoms with Gasteiger partial charge in [-0.25, -0.2) is 4.52 Å². The molecule has 0 aliphatic rings. The fraction of sp³-hybridized carbons (Fsp3) is 0.385. The molecular formula is C13H14F3N3O2. The van der Waals surface area contributed by atoms with Crippen LogP contribution < -0.4 is 10.9 Å². The second kappa shape index (κ2) is 5.27. The van der Waals surface area contributed by atoms with Gasteiger partial charge in [0.15, 0.2) is 0 Å². The third-order valence-corrected chi connectivity index (χ3v) is 3.06. The smallest absolute Gasteiger partial charge is 0.352 e. The Balaban J connectivity index is 2.51. The molecule has 0 saturated heterocycles. The minimum Gasteiger partial charge on any atom is -0.352 e. The highest BCUT2D eigenvalue weighted by molar-refractivity contribution is 5.77. The largest absolute Gasteiger partial charge is 0.417 e. The van der Waals surface area contributed by atoms with Crippen molar-refractivity contribution in [1.82, 2.24) is 14.9 Å². The number of hydrogen-bond donors (Lipinski definition) is 2. The molecule has 0 saturated carbocycles. The molecule has 2 N–H and O–H groups in total. The molecule has 0 radical (unpaired) electrons. The van der Waals surface area contributed by atoms with Gasteiger partial charge in [0.2, 0.25) is 5.91 Å². The lowest BCUT2D eigenvalue weighted by molar-refractivity contribution is -0.138. The molecule has 2 heterocycles. The summed E-state index contributed by atoms with van der Waals surface area (Å²) in [5.41, 5.74) is -2.23. The van der Waals surface area contributed by atoms with Gasteiger partial charge < -0.3 is 5.32 Å². The summed E-state index contributed by atoms with van der Waals surface area (Å²) >= 11 is 0. The zero-order chi connectivity index (χ0) is 15.8. The van der Waals surface area contributed by atoms with Crippen LogP contribution in [0.2, 0.25) is 0 Å². The van der Waals surface area contributed by atoms with Gasteiger partial charge in [0.25, 0.3) is 5.56 Å². The van der Waals surface area contributed by atoms with E-state index in [4.69, 9.17) is 0 Å². The number of alkyl halides is 3. The summed E-state index contributed by atoms with van der Waals surface area (Å²) in [6.07, 6.45) is -3.30. The maximum atomic E-state index is 13.1. The molecule has 0 aliphatic heterocycles. The molecule has 8 heteroatoms. The Labute approximate surface area is 117 Å². The first-order chi connectivity index (χ1) is 9.71. The number of halogens is 3. The summed E-state index contributed by atoms with van der Waals surface area (Å²) in [6.45, 7) is 2.76. The molecule has 0 fully saturated rings. The van der Waals surface area contributed by atoms with Crippen molar-refractivity contribution in [2.75, 3.05) is 0 Å². The van der Waals surface area contributed by atoms with Gasteiger partial charge >= 0.3 is 6.18 Å². The predicted molar refractivity (Wildman–Crippen MR) is 69.7 cm³/mol. The molecule has 2 aromatic heterocycles. The van der Waals surface area contributed by atoms with E-state index in [2.05, 4.69) is 10.4 Å². The van der Waals surface area contributed by atoms with Crippen molar-refractivity contribution in [3.05, 3.63) is 39.8 Å². The number of pyridine rings is 1. The molecule has 0 atom stereocenters. The zero-order valence-corrected chi connectivity index (χ0v) is 11.4. The Morgan fingerprint density at radius 3 is 2.67 bits per heavy atom. The van der Waals surface area contributed by atoms with Gasteiger partial charge in [-0.1, -0.05) is 13.8 Å². The van der Waals surface area contributed by atoms with Crippen LogP contribution in [0, 0.1) is 5.92 Å². The van der Waals surface area contributed by atoms with E-state index >= 15 is 0 Å². The lowest BCUT2D eigenvalue weighted by atomic mass is 10.1. The van der Waals surface area contributed by atoms with Gasteiger partial charge in [0.05, 0.1) is 16.6 Å². The van der Waals surface area contributed by atoms with Crippen molar-refractivity contribution in [2.24, 2.45) is 5.92 Å². The van der Waals surface area contributed by atoms with Crippen molar-refractivity contribution in [3.63, 3.8) is 0 Å². The number of amides is 1. The maximum absolute atomic E-state index is 13.1. The van der Waals surface area contributed by atoms with E-state index in [0.29, 0.717) is 0 Å². The Hall–Kier alpha value is -2.25. The summed E-state index contributed by atoms with van der Waals surface area (Å²) in [6, 6.07) is 2.25. The average molecular weight is 301 g/mol. The lowest BCUT2D eigenvalue weighted by Crippen LogP contribution is -2.33. The normalized spacial score (nSPS) is 12.1. The molecule has 1 amide bonds. The van der Waals surface area contributed by atoms with E-state index in [1.54, 1.807) is 13.8 Å². The molecule has 0 spiro atoms. The minimum atomic E-state index is -4.66. The number of fused-ring (bicyclic) bond motifs is 1. The third kappa shape index (κ3) is 2.93. The van der Waals surface area contributed by atoms with Crippen LogP contribution >= 0.6 is 0 Å². The summed E-state index contributed by atoms with van der Waals surface area (Å²) in [5, 5.41) is 4.88. The molecule has 0 aliphatic carbocycles. The molecule has 0 bridgehead atoms. The first-order valence-electron chi connectivity index (χ1n) is 6.28. The highest BCUT2D eigenvalue weighted by Gasteiger charge is 2.35. The predicted octanol–water partition coefficient (Wildman–Crippen LogP) is 1.92. The molecule has 21 heavy (non-hydrogen) atoms. The van der Waals surface area contributed by atoms with Crippen molar-refractivity contribution in [2.45, 2.75) is 26.6 Å². The number of nitrogens with one attached hydrogen (secondary N) is 2. The molecule has 2 rings (SSSR count). The van der Waals surface area contributed by atoms with Gasteiger partial charge in [-0.2, -0.15) is 13.2 Å². The molecule has 0 unspecified atom stereocenters. The fourth-order valence-electron chi connectivity index (χ4n) is 1.92. The van der Waals surface area contributed by atoms with Crippen LogP contribution in [-0.4, -0.2) is 15.5 Å². The number of carbonyl (C=O) groups is 1. The van der Waals surface area contributed by atoms with Crippen LogP contribution in [0.5, 0.6) is 0 Å². The number of rotatable bonds is 3. The molecule has 2 aromatic rings. The average Bonchev–Trinajstić information content (AvgIpc) is 2.84. The summed E-state index contributed by atoms with van der Waals surface area (Å²) in [5.74, 6) is -0.796. The van der Waals surface area contributed by atoms with Crippen LogP contribution in [0.25, 0.3) is 5.52 Å². The number of aromatic amines is 1. The Kier molecular flexibility index (Phi) is 3.80. The van der Waals surface area contributed by atoms with Gasteiger partial charge in [0, 0.05) is 18.7 Å². The van der Waals surface area contributed by atoms with Crippen LogP contribution in [-0.2, 0) is 17.5 Å². The first-order valence-corrected chi connectivity index (χ1v) is 6.28. The van der Waals surface area contributed by atoms with Crippen LogP contribution in [0.3, 0.4) is 0 Å². The minimum absolute atomic E-state index is 0.117. The quantitative estimate of drug-likeness (QED) is 0.909. The summed E-state index contributed by atoms with van der Waals surface area (Å²) in [7, 11) is 0. The lowest BCUT2D eigenvalue weighted by Gasteiger charge is -2.14. The molecule has 5 nitrogen and oxygen atoms in total. The van der Waals surface area contributed by atoms with Gasteiger partial charge in [0.1, 0.15) is 0 Å². The fourth-order valence-corrected chi connectivity index (χ4v) is 1.92. The van der Waals surface area contributed by atoms with Gasteiger partial charge in [-0.15, -0.1) is 0 Å². The standard InChI is InChI=1S/C13H14F3N3O2/c1-7(2)11(20)17-6-9-10(13(14,15)16)5-8-3-4-18-19(8)12(9)21/h3-5,7,18H,6H2,1-2H3,(H,17,20). The van der Waals surface area contributed by atoms with Gasteiger partial charge in [-0.05, 0) is 12.1 Å². The zero-order valence-electron chi connectivity index (χ0n) is 11.4. The van der Waals surface area contributed by atoms with Crippen LogP contribution in [0.4, 0.5) is 13.2 Å². The number of hydrogen-bond acceptors (Lipinski definition) is 2. The van der Waals surface area contributed by atoms with Crippen molar-refractivity contribution in [3.8, 4) is 0 Å². The van der Waals surface area contributed by atoms with E-state index in [9.17, 15) is 22.8 Å². The number of H-pyrrole nitrogens is 1. The number of carbonyl (C=O) groups excluding carboxylic acids is 1. The summed E-state index contributed by atoms with van der Waals surface area (Å²) < 4.78 is 40.2. The number of nitrogens with zero attached hydrogens (tertiary/aromatic N) is 1. The van der Waals surface area contributed by atoms with Crippen LogP contribution in [0.15, 0.2) is 23.1 Å². The Morgan fingerprint density at radius 1 is 1.43 bits per heavy atom. The van der Waals surface area contributed by atoms with E-state index in [0.717, 1.165) is 10.6 Å². The van der Waals surface area contributed by atoms with Gasteiger partial charge in [-0.3, -0.25) is 14.7 Å². The Bertz CT molecular complexity index is 728. The van der Waals surface area contributed by atoms with Crippen LogP contribution in [0.1, 0.15) is 25.0 Å². The third-order valence-electron chi connectivity index (χ3n) is 3.06. The highest BCUT2D eigenvalue weighted by atomic mass is 19.4. The van der Waals surface area contributed by atoms with Crippen molar-refractivity contribution < 1.29 is 18.0 Å². The second-order valence-electron chi connectivity index (χ2n) is 4.93.